The lowest BCUT2D eigenvalue weighted by Crippen LogP contribution is -2.48. The van der Waals surface area contributed by atoms with Crippen molar-refractivity contribution in [1.29, 1.82) is 0 Å². The number of hydrogen-bond acceptors (Lipinski definition) is 7. The van der Waals surface area contributed by atoms with E-state index in [0.29, 0.717) is 12.2 Å². The number of carbonyl (C=O) groups excluding carboxylic acids is 1. The lowest BCUT2D eigenvalue weighted by Gasteiger charge is -2.35. The van der Waals surface area contributed by atoms with Crippen LogP contribution >= 0.6 is 0 Å². The minimum Gasteiger partial charge on any atom is -0.508 e. The van der Waals surface area contributed by atoms with E-state index in [9.17, 15) is 19.8 Å². The maximum Gasteiger partial charge on any atom is 0.308 e. The summed E-state index contributed by atoms with van der Waals surface area (Å²) in [5, 5.41) is 25.5. The van der Waals surface area contributed by atoms with E-state index in [-0.39, 0.29) is 18.1 Å². The third kappa shape index (κ3) is 5.80. The topological polar surface area (TPSA) is 119 Å². The number of amides is 1. The van der Waals surface area contributed by atoms with Gasteiger partial charge in [-0.2, -0.15) is 0 Å². The van der Waals surface area contributed by atoms with Crippen molar-refractivity contribution in [2.24, 2.45) is 5.92 Å². The molecule has 9 nitrogen and oxygen atoms in total. The number of hydrogen-bond donors (Lipinski definition) is 3. The highest BCUT2D eigenvalue weighted by Gasteiger charge is 2.27. The van der Waals surface area contributed by atoms with Crippen LogP contribution in [0.2, 0.25) is 0 Å². The number of anilines is 1. The second-order valence-electron chi connectivity index (χ2n) is 7.71. The fourth-order valence-electron chi connectivity index (χ4n) is 3.60. The molecule has 3 rings (SSSR count). The van der Waals surface area contributed by atoms with Crippen molar-refractivity contribution < 1.29 is 24.3 Å². The molecule has 1 amide bonds. The molecule has 162 valence electrons. The zero-order valence-corrected chi connectivity index (χ0v) is 17.3. The first-order valence-electron chi connectivity index (χ1n) is 10.00. The molecule has 1 aliphatic heterocycles. The number of rotatable bonds is 8. The van der Waals surface area contributed by atoms with Gasteiger partial charge in [0.05, 0.1) is 11.6 Å². The largest absolute Gasteiger partial charge is 0.508 e. The van der Waals surface area contributed by atoms with Gasteiger partial charge in [-0.25, -0.2) is 0 Å². The van der Waals surface area contributed by atoms with Crippen LogP contribution in [-0.2, 0) is 16.1 Å². The molecule has 0 radical (unpaired) electrons. The Morgan fingerprint density at radius 1 is 1.13 bits per heavy atom. The molecular formula is C21H28N4O5. The van der Waals surface area contributed by atoms with Crippen molar-refractivity contribution in [1.82, 2.24) is 15.0 Å². The normalized spacial score (nSPS) is 16.3. The maximum atomic E-state index is 12.3. The fourth-order valence-corrected chi connectivity index (χ4v) is 3.60. The molecule has 1 aromatic carbocycles. The monoisotopic (exact) mass is 416 g/mol. The molecule has 30 heavy (non-hydrogen) atoms. The Labute approximate surface area is 175 Å². The van der Waals surface area contributed by atoms with Gasteiger partial charge in [-0.15, -0.1) is 0 Å². The van der Waals surface area contributed by atoms with Gasteiger partial charge in [-0.3, -0.25) is 19.4 Å². The number of carboxylic acid groups (broad SMARTS) is 1. The van der Waals surface area contributed by atoms with Crippen LogP contribution < -0.4 is 5.32 Å². The summed E-state index contributed by atoms with van der Waals surface area (Å²) in [6, 6.07) is 6.07. The summed E-state index contributed by atoms with van der Waals surface area (Å²) in [5.74, 6) is -1.18. The van der Waals surface area contributed by atoms with E-state index in [0.717, 1.165) is 49.7 Å². The summed E-state index contributed by atoms with van der Waals surface area (Å²) < 4.78 is 5.22. The van der Waals surface area contributed by atoms with E-state index < -0.39 is 11.9 Å². The first-order chi connectivity index (χ1) is 14.3. The molecule has 1 atom stereocenters. The second kappa shape index (κ2) is 9.73. The summed E-state index contributed by atoms with van der Waals surface area (Å²) in [5.41, 5.74) is 2.54. The van der Waals surface area contributed by atoms with Crippen LogP contribution in [0.15, 0.2) is 28.8 Å². The Bertz CT molecular complexity index is 853. The molecule has 1 aromatic heterocycles. The van der Waals surface area contributed by atoms with Crippen molar-refractivity contribution in [3.05, 3.63) is 41.3 Å². The smallest absolute Gasteiger partial charge is 0.308 e. The number of aliphatic carboxylic acids is 1. The average molecular weight is 416 g/mol. The van der Waals surface area contributed by atoms with E-state index in [1.807, 2.05) is 13.8 Å². The van der Waals surface area contributed by atoms with Crippen LogP contribution in [0.1, 0.15) is 23.4 Å². The van der Waals surface area contributed by atoms with Crippen LogP contribution in [0, 0.1) is 19.8 Å². The molecule has 0 bridgehead atoms. The highest BCUT2D eigenvalue weighted by molar-refractivity contribution is 5.93. The molecule has 1 aliphatic rings. The van der Waals surface area contributed by atoms with Gasteiger partial charge in [0.2, 0.25) is 5.91 Å². The predicted octanol–water partition coefficient (Wildman–Crippen LogP) is 1.84. The minimum absolute atomic E-state index is 0.102. The van der Waals surface area contributed by atoms with Crippen LogP contribution in [-0.4, -0.2) is 69.8 Å². The maximum absolute atomic E-state index is 12.3. The second-order valence-corrected chi connectivity index (χ2v) is 7.71. The molecular weight excluding hydrogens is 388 g/mol. The van der Waals surface area contributed by atoms with Gasteiger partial charge in [0.1, 0.15) is 11.5 Å². The van der Waals surface area contributed by atoms with E-state index in [4.69, 9.17) is 4.52 Å². The van der Waals surface area contributed by atoms with Gasteiger partial charge in [0, 0.05) is 56.9 Å². The van der Waals surface area contributed by atoms with E-state index in [1.54, 1.807) is 12.1 Å². The lowest BCUT2D eigenvalue weighted by molar-refractivity contribution is -0.144. The van der Waals surface area contributed by atoms with Gasteiger partial charge >= 0.3 is 5.97 Å². The van der Waals surface area contributed by atoms with E-state index in [1.165, 1.54) is 12.1 Å². The number of aromatic nitrogens is 1. The molecule has 0 spiro atoms. The van der Waals surface area contributed by atoms with Gasteiger partial charge < -0.3 is 20.1 Å². The molecule has 3 N–H and O–H groups in total. The van der Waals surface area contributed by atoms with Crippen molar-refractivity contribution >= 4 is 17.6 Å². The van der Waals surface area contributed by atoms with Crippen molar-refractivity contribution in [3.63, 3.8) is 0 Å². The standard InChI is InChI=1S/C21H28N4O5/c1-14-19(15(2)30-23-14)13-25-9-7-24(8-10-25)12-16(21(28)29)11-20(27)22-17-3-5-18(26)6-4-17/h3-6,16,26H,7-13H2,1-2H3,(H,22,27)(H,28,29)/t16-/m0/s1. The highest BCUT2D eigenvalue weighted by atomic mass is 16.5. The summed E-state index contributed by atoms with van der Waals surface area (Å²) in [6.07, 6.45) is -0.102. The zero-order valence-electron chi connectivity index (χ0n) is 17.3. The summed E-state index contributed by atoms with van der Waals surface area (Å²) in [6.45, 7) is 8.06. The summed E-state index contributed by atoms with van der Waals surface area (Å²) in [4.78, 5) is 28.4. The fraction of sp³-hybridized carbons (Fsp3) is 0.476. The zero-order chi connectivity index (χ0) is 21.7. The number of nitrogens with one attached hydrogen (secondary N) is 1. The number of aryl methyl sites for hydroxylation is 2. The number of phenolic OH excluding ortho intramolecular Hbond substituents is 1. The molecule has 9 heteroatoms. The van der Waals surface area contributed by atoms with Crippen LogP contribution in [0.25, 0.3) is 0 Å². The predicted molar refractivity (Wildman–Crippen MR) is 110 cm³/mol. The van der Waals surface area contributed by atoms with Crippen LogP contribution in [0.4, 0.5) is 5.69 Å². The first-order valence-corrected chi connectivity index (χ1v) is 10.00. The first kappa shape index (κ1) is 21.8. The Morgan fingerprint density at radius 2 is 1.77 bits per heavy atom. The van der Waals surface area contributed by atoms with Crippen molar-refractivity contribution in [2.75, 3.05) is 38.0 Å². The van der Waals surface area contributed by atoms with Crippen LogP contribution in [0.5, 0.6) is 5.75 Å². The molecule has 0 aliphatic carbocycles. The number of piperazine rings is 1. The number of phenols is 1. The molecule has 2 aromatic rings. The van der Waals surface area contributed by atoms with E-state index in [2.05, 4.69) is 20.3 Å². The third-order valence-corrected chi connectivity index (χ3v) is 5.44. The Balaban J connectivity index is 1.48. The quantitative estimate of drug-likeness (QED) is 0.558. The molecule has 1 saturated heterocycles. The third-order valence-electron chi connectivity index (χ3n) is 5.44. The SMILES string of the molecule is Cc1noc(C)c1CN1CCN(C[C@H](CC(=O)Nc2ccc(O)cc2)C(=O)O)CC1. The number of carbonyl (C=O) groups is 2. The van der Waals surface area contributed by atoms with Gasteiger partial charge in [0.25, 0.3) is 0 Å². The lowest BCUT2D eigenvalue weighted by atomic mass is 10.0. The molecule has 1 fully saturated rings. The van der Waals surface area contributed by atoms with Gasteiger partial charge in [-0.1, -0.05) is 5.16 Å². The number of benzene rings is 1. The molecule has 0 saturated carbocycles. The Morgan fingerprint density at radius 3 is 2.33 bits per heavy atom. The molecule has 0 unspecified atom stereocenters. The average Bonchev–Trinajstić information content (AvgIpc) is 3.02. The van der Waals surface area contributed by atoms with Crippen LogP contribution in [0.3, 0.4) is 0 Å². The van der Waals surface area contributed by atoms with E-state index >= 15 is 0 Å². The Hall–Kier alpha value is -2.91. The summed E-state index contributed by atoms with van der Waals surface area (Å²) in [7, 11) is 0. The molecule has 2 heterocycles. The van der Waals surface area contributed by atoms with Crippen molar-refractivity contribution in [2.45, 2.75) is 26.8 Å². The number of nitrogens with zero attached hydrogens (tertiary/aromatic N) is 3. The van der Waals surface area contributed by atoms with Crippen molar-refractivity contribution in [3.8, 4) is 5.75 Å². The summed E-state index contributed by atoms with van der Waals surface area (Å²) >= 11 is 0. The Kier molecular flexibility index (Phi) is 7.07. The van der Waals surface area contributed by atoms with Gasteiger partial charge in [-0.05, 0) is 38.1 Å². The number of aromatic hydroxyl groups is 1. The highest BCUT2D eigenvalue weighted by Crippen LogP contribution is 2.18. The van der Waals surface area contributed by atoms with Gasteiger partial charge in [0.15, 0.2) is 0 Å². The minimum atomic E-state index is -0.978. The number of carboxylic acids is 1.